The number of benzene rings is 3. The number of phenols is 1. The van der Waals surface area contributed by atoms with Crippen LogP contribution in [0.1, 0.15) is 21.5 Å². The lowest BCUT2D eigenvalue weighted by Gasteiger charge is -2.09. The molecule has 0 atom stereocenters. The summed E-state index contributed by atoms with van der Waals surface area (Å²) in [6.07, 6.45) is 0.680. The Kier molecular flexibility index (Phi) is 4.82. The highest BCUT2D eigenvalue weighted by Gasteiger charge is 2.08. The second-order valence-electron chi connectivity index (χ2n) is 5.51. The number of carbonyl (C=O) groups is 1. The molecule has 3 aromatic rings. The molecule has 0 bridgehead atoms. The fraction of sp³-hybridized carbons (Fsp3) is 0.0500. The Labute approximate surface area is 145 Å². The van der Waals surface area contributed by atoms with Crippen LogP contribution in [0.5, 0.6) is 5.75 Å². The molecule has 3 rings (SSSR count). The van der Waals surface area contributed by atoms with Gasteiger partial charge in [0.25, 0.3) is 5.91 Å². The van der Waals surface area contributed by atoms with Gasteiger partial charge in [0, 0.05) is 22.3 Å². The predicted octanol–water partition coefficient (Wildman–Crippen LogP) is 4.89. The van der Waals surface area contributed by atoms with Crippen LogP contribution >= 0.6 is 11.6 Å². The topological polar surface area (TPSA) is 49.3 Å². The van der Waals surface area contributed by atoms with Gasteiger partial charge in [-0.25, -0.2) is 0 Å². The van der Waals surface area contributed by atoms with E-state index in [0.717, 1.165) is 11.1 Å². The molecule has 0 radical (unpaired) electrons. The molecule has 0 aliphatic carbocycles. The molecule has 4 heteroatoms. The first-order valence-corrected chi connectivity index (χ1v) is 7.92. The molecular formula is C20H16ClNO2. The van der Waals surface area contributed by atoms with Gasteiger partial charge in [0.1, 0.15) is 5.75 Å². The highest BCUT2D eigenvalue weighted by atomic mass is 35.5. The maximum atomic E-state index is 12.3. The van der Waals surface area contributed by atoms with E-state index in [4.69, 9.17) is 11.6 Å². The molecule has 0 spiro atoms. The first-order chi connectivity index (χ1) is 11.6. The molecule has 2 N–H and O–H groups in total. The quantitative estimate of drug-likeness (QED) is 0.712. The largest absolute Gasteiger partial charge is 0.508 e. The number of carbonyl (C=O) groups excluding carboxylic acids is 1. The summed E-state index contributed by atoms with van der Waals surface area (Å²) in [4.78, 5) is 12.3. The van der Waals surface area contributed by atoms with E-state index in [0.29, 0.717) is 22.7 Å². The van der Waals surface area contributed by atoms with Crippen LogP contribution in [0.3, 0.4) is 0 Å². The minimum absolute atomic E-state index is 0.120. The van der Waals surface area contributed by atoms with Gasteiger partial charge >= 0.3 is 0 Å². The molecule has 0 heterocycles. The molecule has 0 aromatic heterocycles. The summed E-state index contributed by atoms with van der Waals surface area (Å²) in [5.74, 6) is -0.127. The van der Waals surface area contributed by atoms with E-state index in [1.165, 1.54) is 6.07 Å². The van der Waals surface area contributed by atoms with Crippen molar-refractivity contribution >= 4 is 23.2 Å². The van der Waals surface area contributed by atoms with Gasteiger partial charge < -0.3 is 10.4 Å². The molecule has 0 aliphatic rings. The smallest absolute Gasteiger partial charge is 0.255 e. The summed E-state index contributed by atoms with van der Waals surface area (Å²) >= 11 is 5.83. The third-order valence-electron chi connectivity index (χ3n) is 3.59. The molecule has 0 saturated carbocycles. The molecular weight excluding hydrogens is 322 g/mol. The third kappa shape index (κ3) is 4.15. The Hall–Kier alpha value is -2.78. The molecule has 0 aliphatic heterocycles. The minimum atomic E-state index is -0.247. The van der Waals surface area contributed by atoms with E-state index >= 15 is 0 Å². The van der Waals surface area contributed by atoms with Crippen LogP contribution in [-0.4, -0.2) is 11.0 Å². The fourth-order valence-electron chi connectivity index (χ4n) is 2.48. The van der Waals surface area contributed by atoms with Gasteiger partial charge in [-0.15, -0.1) is 0 Å². The van der Waals surface area contributed by atoms with Gasteiger partial charge in [-0.05, 0) is 53.9 Å². The van der Waals surface area contributed by atoms with Crippen LogP contribution in [0.15, 0.2) is 72.8 Å². The maximum Gasteiger partial charge on any atom is 0.255 e. The van der Waals surface area contributed by atoms with E-state index in [-0.39, 0.29) is 11.7 Å². The van der Waals surface area contributed by atoms with Crippen molar-refractivity contribution in [3.8, 4) is 5.75 Å². The monoisotopic (exact) mass is 337 g/mol. The summed E-state index contributed by atoms with van der Waals surface area (Å²) in [5, 5.41) is 13.3. The number of phenolic OH excluding ortho intramolecular Hbond substituents is 1. The van der Waals surface area contributed by atoms with Crippen molar-refractivity contribution in [3.05, 3.63) is 94.5 Å². The predicted molar refractivity (Wildman–Crippen MR) is 96.8 cm³/mol. The van der Waals surface area contributed by atoms with Gasteiger partial charge in [0.15, 0.2) is 0 Å². The van der Waals surface area contributed by atoms with Crippen LogP contribution in [0.4, 0.5) is 5.69 Å². The average Bonchev–Trinajstić information content (AvgIpc) is 2.55. The minimum Gasteiger partial charge on any atom is -0.508 e. The van der Waals surface area contributed by atoms with Gasteiger partial charge in [0.2, 0.25) is 0 Å². The zero-order valence-corrected chi connectivity index (χ0v) is 13.6. The summed E-state index contributed by atoms with van der Waals surface area (Å²) in [7, 11) is 0. The highest BCUT2D eigenvalue weighted by molar-refractivity contribution is 6.30. The van der Waals surface area contributed by atoms with Crippen LogP contribution in [0.2, 0.25) is 5.02 Å². The number of hydrogen-bond donors (Lipinski definition) is 2. The molecule has 120 valence electrons. The van der Waals surface area contributed by atoms with Crippen molar-refractivity contribution in [2.75, 3.05) is 5.32 Å². The summed E-state index contributed by atoms with van der Waals surface area (Å²) in [6.45, 7) is 0. The molecule has 3 aromatic carbocycles. The third-order valence-corrected chi connectivity index (χ3v) is 3.84. The van der Waals surface area contributed by atoms with Crippen LogP contribution in [0, 0.1) is 0 Å². The molecule has 3 nitrogen and oxygen atoms in total. The Bertz CT molecular complexity index is 845. The Morgan fingerprint density at radius 1 is 0.917 bits per heavy atom. The number of amides is 1. The lowest BCUT2D eigenvalue weighted by molar-refractivity contribution is 0.102. The average molecular weight is 338 g/mol. The maximum absolute atomic E-state index is 12.3. The summed E-state index contributed by atoms with van der Waals surface area (Å²) in [6, 6.07) is 21.7. The molecule has 0 saturated heterocycles. The number of hydrogen-bond acceptors (Lipinski definition) is 2. The second kappa shape index (κ2) is 7.20. The normalized spacial score (nSPS) is 10.4. The zero-order chi connectivity index (χ0) is 16.9. The highest BCUT2D eigenvalue weighted by Crippen LogP contribution is 2.23. The summed E-state index contributed by atoms with van der Waals surface area (Å²) in [5.41, 5.74) is 3.12. The zero-order valence-electron chi connectivity index (χ0n) is 12.9. The van der Waals surface area contributed by atoms with E-state index in [1.807, 2.05) is 36.4 Å². The standard InChI is InChI=1S/C20H16ClNO2/c21-17-8-6-16(7-9-17)20(24)22-18-11-15(12-19(23)13-18)10-14-4-2-1-3-5-14/h1-9,11-13,23H,10H2,(H,22,24). The van der Waals surface area contributed by atoms with Crippen molar-refractivity contribution in [1.29, 1.82) is 0 Å². The number of anilines is 1. The number of nitrogens with one attached hydrogen (secondary N) is 1. The SMILES string of the molecule is O=C(Nc1cc(O)cc(Cc2ccccc2)c1)c1ccc(Cl)cc1. The second-order valence-corrected chi connectivity index (χ2v) is 5.95. The Balaban J connectivity index is 1.78. The van der Waals surface area contributed by atoms with E-state index in [9.17, 15) is 9.90 Å². The van der Waals surface area contributed by atoms with Gasteiger partial charge in [0.05, 0.1) is 0 Å². The number of halogens is 1. The van der Waals surface area contributed by atoms with Crippen molar-refractivity contribution in [1.82, 2.24) is 0 Å². The van der Waals surface area contributed by atoms with Crippen LogP contribution in [-0.2, 0) is 6.42 Å². The lowest BCUT2D eigenvalue weighted by atomic mass is 10.0. The van der Waals surface area contributed by atoms with E-state index < -0.39 is 0 Å². The van der Waals surface area contributed by atoms with Gasteiger partial charge in [-0.1, -0.05) is 41.9 Å². The first-order valence-electron chi connectivity index (χ1n) is 7.54. The Morgan fingerprint density at radius 2 is 1.62 bits per heavy atom. The van der Waals surface area contributed by atoms with E-state index in [1.54, 1.807) is 30.3 Å². The van der Waals surface area contributed by atoms with Crippen molar-refractivity contribution in [3.63, 3.8) is 0 Å². The van der Waals surface area contributed by atoms with Gasteiger partial charge in [-0.2, -0.15) is 0 Å². The van der Waals surface area contributed by atoms with Crippen molar-refractivity contribution in [2.24, 2.45) is 0 Å². The van der Waals surface area contributed by atoms with Crippen LogP contribution < -0.4 is 5.32 Å². The van der Waals surface area contributed by atoms with Crippen molar-refractivity contribution < 1.29 is 9.90 Å². The van der Waals surface area contributed by atoms with Crippen LogP contribution in [0.25, 0.3) is 0 Å². The lowest BCUT2D eigenvalue weighted by Crippen LogP contribution is -2.11. The summed E-state index contributed by atoms with van der Waals surface area (Å²) < 4.78 is 0. The molecule has 24 heavy (non-hydrogen) atoms. The van der Waals surface area contributed by atoms with Gasteiger partial charge in [-0.3, -0.25) is 4.79 Å². The molecule has 1 amide bonds. The fourth-order valence-corrected chi connectivity index (χ4v) is 2.61. The van der Waals surface area contributed by atoms with E-state index in [2.05, 4.69) is 5.32 Å². The molecule has 0 unspecified atom stereocenters. The first kappa shape index (κ1) is 16.1. The molecule has 0 fully saturated rings. The number of rotatable bonds is 4. The number of aromatic hydroxyl groups is 1. The van der Waals surface area contributed by atoms with Crippen molar-refractivity contribution in [2.45, 2.75) is 6.42 Å². The Morgan fingerprint density at radius 3 is 2.33 bits per heavy atom.